The van der Waals surface area contributed by atoms with Crippen LogP contribution in [0.25, 0.3) is 21.9 Å². The van der Waals surface area contributed by atoms with Crippen molar-refractivity contribution >= 4 is 39.6 Å². The predicted molar refractivity (Wildman–Crippen MR) is 182 cm³/mol. The van der Waals surface area contributed by atoms with Crippen molar-refractivity contribution in [3.63, 3.8) is 0 Å². The number of hydrogen-bond acceptors (Lipinski definition) is 10. The largest absolute Gasteiger partial charge is 0.493 e. The van der Waals surface area contributed by atoms with Crippen molar-refractivity contribution < 1.29 is 33.0 Å². The number of hydrogen-bond donors (Lipinski definition) is 0. The van der Waals surface area contributed by atoms with Gasteiger partial charge in [-0.2, -0.15) is 0 Å². The highest BCUT2D eigenvalue weighted by Crippen LogP contribution is 2.37. The number of aromatic nitrogens is 3. The summed E-state index contributed by atoms with van der Waals surface area (Å²) in [7, 11) is 0. The van der Waals surface area contributed by atoms with Crippen LogP contribution in [-0.4, -0.2) is 50.5 Å². The fourth-order valence-electron chi connectivity index (χ4n) is 5.32. The fraction of sp³-hybridized carbons (Fsp3) is 0.514. The van der Waals surface area contributed by atoms with Gasteiger partial charge >= 0.3 is 11.9 Å². The van der Waals surface area contributed by atoms with Crippen LogP contribution in [0.5, 0.6) is 5.75 Å². The molecule has 0 aliphatic carbocycles. The Morgan fingerprint density at radius 2 is 1.52 bits per heavy atom. The van der Waals surface area contributed by atoms with Gasteiger partial charge in [0.25, 0.3) is 5.56 Å². The van der Waals surface area contributed by atoms with Crippen LogP contribution in [-0.2, 0) is 25.6 Å². The zero-order chi connectivity index (χ0) is 35.1. The molecule has 0 aliphatic heterocycles. The van der Waals surface area contributed by atoms with Gasteiger partial charge < -0.3 is 18.6 Å². The van der Waals surface area contributed by atoms with E-state index in [0.29, 0.717) is 34.2 Å². The number of furan rings is 1. The molecular formula is C37H47N3O8. The molecule has 0 fully saturated rings. The molecule has 11 nitrogen and oxygen atoms in total. The monoisotopic (exact) mass is 661 g/mol. The van der Waals surface area contributed by atoms with E-state index in [1.807, 2.05) is 0 Å². The Morgan fingerprint density at radius 3 is 2.19 bits per heavy atom. The highest BCUT2D eigenvalue weighted by atomic mass is 16.6. The van der Waals surface area contributed by atoms with Gasteiger partial charge in [-0.3, -0.25) is 19.2 Å². The lowest BCUT2D eigenvalue weighted by Gasteiger charge is -2.34. The lowest BCUT2D eigenvalue weighted by Crippen LogP contribution is -2.49. The number of carbonyl (C=O) groups is 3. The van der Waals surface area contributed by atoms with Gasteiger partial charge in [-0.1, -0.05) is 50.0 Å². The first kappa shape index (κ1) is 36.3. The van der Waals surface area contributed by atoms with Crippen LogP contribution in [0.4, 0.5) is 0 Å². The third-order valence-corrected chi connectivity index (χ3v) is 7.79. The van der Waals surface area contributed by atoms with E-state index in [9.17, 15) is 19.2 Å². The summed E-state index contributed by atoms with van der Waals surface area (Å²) in [4.78, 5) is 55.6. The molecule has 2 aromatic heterocycles. The van der Waals surface area contributed by atoms with Gasteiger partial charge in [-0.25, -0.2) is 4.68 Å². The lowest BCUT2D eigenvalue weighted by molar-refractivity contribution is -0.186. The quantitative estimate of drug-likeness (QED) is 0.0555. The Morgan fingerprint density at radius 1 is 0.854 bits per heavy atom. The summed E-state index contributed by atoms with van der Waals surface area (Å²) in [6.07, 6.45) is 5.97. The second-order valence-electron chi connectivity index (χ2n) is 14.1. The Balaban J connectivity index is 1.68. The molecule has 4 rings (SSSR count). The highest BCUT2D eigenvalue weighted by molar-refractivity contribution is 6.12. The first-order chi connectivity index (χ1) is 22.6. The van der Waals surface area contributed by atoms with Gasteiger partial charge in [0.2, 0.25) is 0 Å². The average Bonchev–Trinajstić information content (AvgIpc) is 3.43. The molecule has 0 radical (unpaired) electrons. The SMILES string of the molecule is CCCCCCCOc1ccc2c(C(=O)CC(CCn3nnc4ccccc4c3=O)(C(=O)OC(C)(C)C)C(=O)OC(C)(C)C)coc2c1. The number of esters is 2. The first-order valence-corrected chi connectivity index (χ1v) is 16.6. The lowest BCUT2D eigenvalue weighted by atomic mass is 9.78. The number of fused-ring (bicyclic) bond motifs is 2. The van der Waals surface area contributed by atoms with Gasteiger partial charge in [0.05, 0.1) is 17.6 Å². The summed E-state index contributed by atoms with van der Waals surface area (Å²) in [5.41, 5.74) is -3.55. The van der Waals surface area contributed by atoms with E-state index in [-0.39, 0.29) is 18.5 Å². The number of benzene rings is 2. The maximum absolute atomic E-state index is 14.1. The molecule has 0 spiro atoms. The molecule has 0 amide bonds. The normalized spacial score (nSPS) is 12.3. The van der Waals surface area contributed by atoms with E-state index in [4.69, 9.17) is 18.6 Å². The Kier molecular flexibility index (Phi) is 11.4. The molecule has 4 aromatic rings. The molecule has 0 N–H and O–H groups in total. The molecule has 0 saturated carbocycles. The summed E-state index contributed by atoms with van der Waals surface area (Å²) in [5.74, 6) is -1.80. The molecule has 0 atom stereocenters. The summed E-state index contributed by atoms with van der Waals surface area (Å²) in [5, 5.41) is 8.99. The summed E-state index contributed by atoms with van der Waals surface area (Å²) < 4.78 is 24.3. The van der Waals surface area contributed by atoms with Gasteiger partial charge in [0.1, 0.15) is 34.3 Å². The van der Waals surface area contributed by atoms with E-state index in [1.165, 1.54) is 25.5 Å². The van der Waals surface area contributed by atoms with Crippen molar-refractivity contribution in [1.82, 2.24) is 15.0 Å². The Labute approximate surface area is 280 Å². The van der Waals surface area contributed by atoms with Crippen molar-refractivity contribution in [3.05, 3.63) is 64.6 Å². The number of aryl methyl sites for hydroxylation is 1. The molecule has 0 saturated heterocycles. The van der Waals surface area contributed by atoms with Gasteiger partial charge in [-0.05, 0) is 78.6 Å². The van der Waals surface area contributed by atoms with E-state index >= 15 is 0 Å². The molecular weight excluding hydrogens is 614 g/mol. The second-order valence-corrected chi connectivity index (χ2v) is 14.1. The molecule has 2 aromatic carbocycles. The number of unbranched alkanes of at least 4 members (excludes halogenated alkanes) is 4. The van der Waals surface area contributed by atoms with Crippen molar-refractivity contribution in [2.75, 3.05) is 6.61 Å². The maximum atomic E-state index is 14.1. The molecule has 11 heteroatoms. The van der Waals surface area contributed by atoms with Crippen LogP contribution < -0.4 is 10.3 Å². The number of ketones is 1. The minimum absolute atomic E-state index is 0.190. The van der Waals surface area contributed by atoms with Crippen LogP contribution in [0, 0.1) is 5.41 Å². The van der Waals surface area contributed by atoms with Crippen molar-refractivity contribution in [1.29, 1.82) is 0 Å². The predicted octanol–water partition coefficient (Wildman–Crippen LogP) is 7.22. The summed E-state index contributed by atoms with van der Waals surface area (Å²) >= 11 is 0. The number of rotatable bonds is 15. The third kappa shape index (κ3) is 9.08. The zero-order valence-corrected chi connectivity index (χ0v) is 29.1. The minimum Gasteiger partial charge on any atom is -0.493 e. The molecule has 48 heavy (non-hydrogen) atoms. The third-order valence-electron chi connectivity index (χ3n) is 7.79. The average molecular weight is 662 g/mol. The van der Waals surface area contributed by atoms with Crippen LogP contribution in [0.15, 0.2) is 57.9 Å². The number of Topliss-reactive ketones (excluding diaryl/α,β-unsaturated/α-hetero) is 1. The number of nitrogens with zero attached hydrogens (tertiary/aromatic N) is 3. The maximum Gasteiger partial charge on any atom is 0.324 e. The van der Waals surface area contributed by atoms with Crippen LogP contribution in [0.2, 0.25) is 0 Å². The highest BCUT2D eigenvalue weighted by Gasteiger charge is 2.52. The van der Waals surface area contributed by atoms with E-state index in [1.54, 1.807) is 84.0 Å². The van der Waals surface area contributed by atoms with Crippen LogP contribution in [0.3, 0.4) is 0 Å². The number of ether oxygens (including phenoxy) is 3. The van der Waals surface area contributed by atoms with Crippen molar-refractivity contribution in [3.8, 4) is 5.75 Å². The van der Waals surface area contributed by atoms with E-state index < -0.39 is 46.3 Å². The molecule has 2 heterocycles. The first-order valence-electron chi connectivity index (χ1n) is 16.6. The summed E-state index contributed by atoms with van der Waals surface area (Å²) in [6, 6.07) is 11.9. The second kappa shape index (κ2) is 15.1. The van der Waals surface area contributed by atoms with E-state index in [2.05, 4.69) is 17.2 Å². The smallest absolute Gasteiger partial charge is 0.324 e. The van der Waals surface area contributed by atoms with Gasteiger partial charge in [-0.15, -0.1) is 5.10 Å². The van der Waals surface area contributed by atoms with Crippen LogP contribution in [0.1, 0.15) is 104 Å². The molecule has 0 bridgehead atoms. The zero-order valence-electron chi connectivity index (χ0n) is 29.1. The molecule has 258 valence electrons. The van der Waals surface area contributed by atoms with Gasteiger partial charge in [0, 0.05) is 24.4 Å². The topological polar surface area (TPSA) is 140 Å². The molecule has 0 aliphatic rings. The summed E-state index contributed by atoms with van der Waals surface area (Å²) in [6.45, 7) is 12.5. The van der Waals surface area contributed by atoms with E-state index in [0.717, 1.165) is 17.5 Å². The Bertz CT molecular complexity index is 1780. The standard InChI is InChI=1S/C37H47N3O8/c1-8-9-10-11-14-21-45-25-17-18-26-28(24-46-31(26)22-25)30(41)23-37(33(43)47-35(2,3)4,34(44)48-36(5,6)7)19-20-40-32(42)27-15-12-13-16-29(27)38-39-40/h12-13,15-18,22,24H,8-11,14,19-21,23H2,1-7H3. The number of carbonyl (C=O) groups excluding carboxylic acids is 3. The van der Waals surface area contributed by atoms with Crippen LogP contribution >= 0.6 is 0 Å². The van der Waals surface area contributed by atoms with Crippen molar-refractivity contribution in [2.24, 2.45) is 5.41 Å². The fourth-order valence-corrected chi connectivity index (χ4v) is 5.32. The minimum atomic E-state index is -2.13. The van der Waals surface area contributed by atoms with Crippen molar-refractivity contribution in [2.45, 2.75) is 111 Å². The van der Waals surface area contributed by atoms with Gasteiger partial charge in [0.15, 0.2) is 11.2 Å². The Hall–Kier alpha value is -4.54. The molecule has 0 unspecified atom stereocenters.